The average molecular weight is 369 g/mol. The number of carbonyl (C=O) groups excluding carboxylic acids is 1. The third-order valence-corrected chi connectivity index (χ3v) is 3.35. The second-order valence-electron chi connectivity index (χ2n) is 4.21. The van der Waals surface area contributed by atoms with E-state index in [1.807, 2.05) is 0 Å². The fraction of sp³-hybridized carbons (Fsp3) is 0.333. The second-order valence-corrected chi connectivity index (χ2v) is 5.06. The largest absolute Gasteiger partial charge is 0.480 e. The molecule has 2 N–H and O–H groups in total. The van der Waals surface area contributed by atoms with Gasteiger partial charge in [0, 0.05) is 10.2 Å². The zero-order chi connectivity index (χ0) is 16.2. The molecule has 0 fully saturated rings. The van der Waals surface area contributed by atoms with Gasteiger partial charge in [-0.3, -0.25) is 4.79 Å². The molecule has 0 unspecified atom stereocenters. The Morgan fingerprint density at radius 2 is 2.00 bits per heavy atom. The van der Waals surface area contributed by atoms with Crippen LogP contribution in [0.5, 0.6) is 0 Å². The SMILES string of the molecule is Cc1c(Br)cccc1NC(=O)N(CC(=O)O)CC(F)(F)F. The molecular formula is C12H12BrF3N2O3. The normalized spacial score (nSPS) is 11.1. The molecule has 1 aromatic rings. The van der Waals surface area contributed by atoms with Gasteiger partial charge in [0.05, 0.1) is 0 Å². The maximum Gasteiger partial charge on any atom is 0.406 e. The first kappa shape index (κ1) is 17.3. The molecule has 0 spiro atoms. The van der Waals surface area contributed by atoms with Crippen molar-refractivity contribution in [2.45, 2.75) is 13.1 Å². The van der Waals surface area contributed by atoms with E-state index in [1.165, 1.54) is 6.07 Å². The first-order valence-electron chi connectivity index (χ1n) is 5.69. The van der Waals surface area contributed by atoms with Gasteiger partial charge in [0.1, 0.15) is 13.1 Å². The minimum Gasteiger partial charge on any atom is -0.480 e. The van der Waals surface area contributed by atoms with Crippen molar-refractivity contribution in [3.05, 3.63) is 28.2 Å². The monoisotopic (exact) mass is 368 g/mol. The summed E-state index contributed by atoms with van der Waals surface area (Å²) in [5.41, 5.74) is 0.917. The molecule has 0 saturated carbocycles. The third kappa shape index (κ3) is 5.62. The Kier molecular flexibility index (Phi) is 5.59. The van der Waals surface area contributed by atoms with Gasteiger partial charge in [-0.15, -0.1) is 0 Å². The predicted molar refractivity (Wildman–Crippen MR) is 73.2 cm³/mol. The third-order valence-electron chi connectivity index (χ3n) is 2.49. The van der Waals surface area contributed by atoms with Gasteiger partial charge in [0.15, 0.2) is 0 Å². The van der Waals surface area contributed by atoms with Gasteiger partial charge in [-0.2, -0.15) is 13.2 Å². The standard InChI is InChI=1S/C12H12BrF3N2O3/c1-7-8(13)3-2-4-9(7)17-11(21)18(5-10(19)20)6-12(14,15)16/h2-4H,5-6H2,1H3,(H,17,21)(H,19,20). The number of amides is 2. The molecular weight excluding hydrogens is 357 g/mol. The van der Waals surface area contributed by atoms with Crippen LogP contribution in [0.15, 0.2) is 22.7 Å². The molecule has 0 aliphatic heterocycles. The zero-order valence-electron chi connectivity index (χ0n) is 10.9. The number of hydrogen-bond donors (Lipinski definition) is 2. The summed E-state index contributed by atoms with van der Waals surface area (Å²) >= 11 is 3.22. The van der Waals surface area contributed by atoms with Crippen LogP contribution in [0.25, 0.3) is 0 Å². The van der Waals surface area contributed by atoms with Crippen molar-refractivity contribution in [2.24, 2.45) is 0 Å². The Bertz CT molecular complexity index is 549. The topological polar surface area (TPSA) is 69.6 Å². The first-order chi connectivity index (χ1) is 9.60. The van der Waals surface area contributed by atoms with E-state index in [4.69, 9.17) is 5.11 Å². The van der Waals surface area contributed by atoms with Crippen molar-refractivity contribution in [1.29, 1.82) is 0 Å². The van der Waals surface area contributed by atoms with Crippen molar-refractivity contribution < 1.29 is 27.9 Å². The lowest BCUT2D eigenvalue weighted by atomic mass is 10.2. The molecule has 0 heterocycles. The van der Waals surface area contributed by atoms with Gasteiger partial charge in [0.2, 0.25) is 0 Å². The van der Waals surface area contributed by atoms with E-state index in [2.05, 4.69) is 21.2 Å². The van der Waals surface area contributed by atoms with Crippen LogP contribution in [0.1, 0.15) is 5.56 Å². The Hall–Kier alpha value is -1.77. The van der Waals surface area contributed by atoms with Gasteiger partial charge >= 0.3 is 18.2 Å². The summed E-state index contributed by atoms with van der Waals surface area (Å²) < 4.78 is 37.8. The van der Waals surface area contributed by atoms with E-state index in [1.54, 1.807) is 19.1 Å². The highest BCUT2D eigenvalue weighted by molar-refractivity contribution is 9.10. The van der Waals surface area contributed by atoms with Crippen molar-refractivity contribution in [3.8, 4) is 0 Å². The van der Waals surface area contributed by atoms with Crippen LogP contribution in [0.4, 0.5) is 23.7 Å². The highest BCUT2D eigenvalue weighted by atomic mass is 79.9. The van der Waals surface area contributed by atoms with E-state index in [9.17, 15) is 22.8 Å². The smallest absolute Gasteiger partial charge is 0.406 e. The number of rotatable bonds is 4. The molecule has 21 heavy (non-hydrogen) atoms. The predicted octanol–water partition coefficient (Wildman–Crippen LogP) is 3.24. The van der Waals surface area contributed by atoms with E-state index in [0.29, 0.717) is 15.7 Å². The summed E-state index contributed by atoms with van der Waals surface area (Å²) in [6, 6.07) is 3.68. The van der Waals surface area contributed by atoms with Crippen molar-refractivity contribution in [3.63, 3.8) is 0 Å². The van der Waals surface area contributed by atoms with Crippen LogP contribution in [-0.2, 0) is 4.79 Å². The van der Waals surface area contributed by atoms with Crippen LogP contribution in [0, 0.1) is 6.92 Å². The molecule has 0 saturated heterocycles. The fourth-order valence-corrected chi connectivity index (χ4v) is 1.88. The minimum atomic E-state index is -4.68. The number of nitrogens with one attached hydrogen (secondary N) is 1. The maximum absolute atomic E-state index is 12.4. The summed E-state index contributed by atoms with van der Waals surface area (Å²) in [7, 11) is 0. The van der Waals surface area contributed by atoms with Crippen LogP contribution in [-0.4, -0.2) is 41.3 Å². The van der Waals surface area contributed by atoms with E-state index < -0.39 is 31.3 Å². The quantitative estimate of drug-likeness (QED) is 0.856. The number of benzene rings is 1. The van der Waals surface area contributed by atoms with Crippen molar-refractivity contribution >= 4 is 33.6 Å². The molecule has 1 rings (SSSR count). The van der Waals surface area contributed by atoms with Gasteiger partial charge in [-0.05, 0) is 24.6 Å². The highest BCUT2D eigenvalue weighted by Crippen LogP contribution is 2.24. The molecule has 0 bridgehead atoms. The Morgan fingerprint density at radius 1 is 1.38 bits per heavy atom. The molecule has 0 aliphatic carbocycles. The molecule has 1 aromatic carbocycles. The number of anilines is 1. The summed E-state index contributed by atoms with van der Waals surface area (Å²) in [5.74, 6) is -1.53. The molecule has 9 heteroatoms. The number of carboxylic acid groups (broad SMARTS) is 1. The van der Waals surface area contributed by atoms with E-state index in [0.717, 1.165) is 0 Å². The van der Waals surface area contributed by atoms with Gasteiger partial charge in [0.25, 0.3) is 0 Å². The number of aliphatic carboxylic acids is 1. The molecule has 5 nitrogen and oxygen atoms in total. The second kappa shape index (κ2) is 6.79. The Labute approximate surface area is 126 Å². The van der Waals surface area contributed by atoms with E-state index in [-0.39, 0.29) is 4.90 Å². The number of carboxylic acids is 1. The summed E-state index contributed by atoms with van der Waals surface area (Å²) in [6.07, 6.45) is -4.68. The number of nitrogens with zero attached hydrogens (tertiary/aromatic N) is 1. The number of halogens is 4. The maximum atomic E-state index is 12.4. The van der Waals surface area contributed by atoms with Crippen LogP contribution in [0.2, 0.25) is 0 Å². The van der Waals surface area contributed by atoms with Crippen molar-refractivity contribution in [2.75, 3.05) is 18.4 Å². The van der Waals surface area contributed by atoms with Gasteiger partial charge in [-0.25, -0.2) is 4.79 Å². The number of carbonyl (C=O) groups is 2. The molecule has 0 aromatic heterocycles. The molecule has 116 valence electrons. The van der Waals surface area contributed by atoms with E-state index >= 15 is 0 Å². The van der Waals surface area contributed by atoms with Crippen LogP contribution in [0.3, 0.4) is 0 Å². The molecule has 0 aliphatic rings. The van der Waals surface area contributed by atoms with Gasteiger partial charge < -0.3 is 15.3 Å². The summed E-state index contributed by atoms with van der Waals surface area (Å²) in [6.45, 7) is -1.03. The highest BCUT2D eigenvalue weighted by Gasteiger charge is 2.34. The lowest BCUT2D eigenvalue weighted by Crippen LogP contribution is -2.44. The number of hydrogen-bond acceptors (Lipinski definition) is 2. The Balaban J connectivity index is 2.90. The molecule has 0 radical (unpaired) electrons. The zero-order valence-corrected chi connectivity index (χ0v) is 12.5. The minimum absolute atomic E-state index is 0.183. The molecule has 2 amide bonds. The lowest BCUT2D eigenvalue weighted by molar-refractivity contribution is -0.148. The molecule has 0 atom stereocenters. The van der Waals surface area contributed by atoms with Crippen LogP contribution >= 0.6 is 15.9 Å². The number of alkyl halides is 3. The first-order valence-corrected chi connectivity index (χ1v) is 6.49. The average Bonchev–Trinajstić information content (AvgIpc) is 2.31. The van der Waals surface area contributed by atoms with Crippen molar-refractivity contribution in [1.82, 2.24) is 4.90 Å². The van der Waals surface area contributed by atoms with Gasteiger partial charge in [-0.1, -0.05) is 22.0 Å². The Morgan fingerprint density at radius 3 is 2.52 bits per heavy atom. The fourth-order valence-electron chi connectivity index (χ4n) is 1.52. The summed E-state index contributed by atoms with van der Waals surface area (Å²) in [4.78, 5) is 22.6. The number of urea groups is 1. The summed E-state index contributed by atoms with van der Waals surface area (Å²) in [5, 5.41) is 10.9. The lowest BCUT2D eigenvalue weighted by Gasteiger charge is -2.23. The van der Waals surface area contributed by atoms with Crippen LogP contribution < -0.4 is 5.32 Å².